The van der Waals surface area contributed by atoms with E-state index in [0.29, 0.717) is 11.4 Å². The molecule has 59 heavy (non-hydrogen) atoms. The van der Waals surface area contributed by atoms with Crippen LogP contribution in [0.1, 0.15) is 50.7 Å². The van der Waals surface area contributed by atoms with Crippen molar-refractivity contribution in [2.75, 3.05) is 0 Å². The first-order valence-corrected chi connectivity index (χ1v) is 20.4. The summed E-state index contributed by atoms with van der Waals surface area (Å²) in [5.74, 6) is 1.29. The molecule has 0 bridgehead atoms. The summed E-state index contributed by atoms with van der Waals surface area (Å²) in [5.41, 5.74) is 16.0. The molecular weight excluding hydrogens is 721 g/mol. The van der Waals surface area contributed by atoms with Gasteiger partial charge in [-0.05, 0) is 111 Å². The number of phenols is 1. The summed E-state index contributed by atoms with van der Waals surface area (Å²) in [6.45, 7) is 9.07. The monoisotopic (exact) mass is 764 g/mol. The Labute approximate surface area is 344 Å². The van der Waals surface area contributed by atoms with Crippen molar-refractivity contribution >= 4 is 33.0 Å². The molecule has 0 aliphatic carbocycles. The highest BCUT2D eigenvalue weighted by Crippen LogP contribution is 2.43. The summed E-state index contributed by atoms with van der Waals surface area (Å²) < 4.78 is 4.56. The summed E-state index contributed by atoms with van der Waals surface area (Å²) >= 11 is 0. The lowest BCUT2D eigenvalue weighted by Gasteiger charge is -2.24. The number of phenolic OH excluding ortho intramolecular Hbond substituents is 1. The largest absolute Gasteiger partial charge is 0.507 e. The molecule has 10 aromatic rings. The van der Waals surface area contributed by atoms with E-state index in [9.17, 15) is 5.11 Å². The fraction of sp³-hybridized carbons (Fsp3) is 0.111. The van der Waals surface area contributed by atoms with Gasteiger partial charge in [0.05, 0.1) is 27.8 Å². The number of fused-ring (bicyclic) bond motifs is 4. The number of pyridine rings is 1. The Morgan fingerprint density at radius 3 is 1.81 bits per heavy atom. The van der Waals surface area contributed by atoms with Crippen LogP contribution in [-0.4, -0.2) is 24.2 Å². The SMILES string of the molecule is CC(C)c1cc(-c2ccc(-c3ccccc3)cc2)cc(C(C)C)c1-n1c(-c2ccccc2O)nc2c(-c3cccc(-n4c5ccccc5c5cccnc54)c3)cccc21. The molecule has 286 valence electrons. The van der Waals surface area contributed by atoms with Crippen LogP contribution in [0.3, 0.4) is 0 Å². The molecule has 0 saturated heterocycles. The first-order valence-electron chi connectivity index (χ1n) is 20.4. The normalized spacial score (nSPS) is 11.8. The third-order valence-electron chi connectivity index (χ3n) is 11.6. The van der Waals surface area contributed by atoms with Crippen LogP contribution in [0.25, 0.3) is 89.1 Å². The van der Waals surface area contributed by atoms with Gasteiger partial charge in [-0.2, -0.15) is 0 Å². The smallest absolute Gasteiger partial charge is 0.149 e. The third-order valence-corrected chi connectivity index (χ3v) is 11.6. The highest BCUT2D eigenvalue weighted by molar-refractivity contribution is 6.08. The molecule has 0 radical (unpaired) electrons. The van der Waals surface area contributed by atoms with Crippen molar-refractivity contribution in [2.24, 2.45) is 0 Å². The van der Waals surface area contributed by atoms with Gasteiger partial charge in [0.15, 0.2) is 0 Å². The maximum atomic E-state index is 11.5. The molecule has 0 aliphatic rings. The number of para-hydroxylation sites is 3. The van der Waals surface area contributed by atoms with Crippen molar-refractivity contribution in [3.05, 3.63) is 187 Å². The summed E-state index contributed by atoms with van der Waals surface area (Å²) in [7, 11) is 0. The van der Waals surface area contributed by atoms with Gasteiger partial charge in [-0.3, -0.25) is 9.13 Å². The van der Waals surface area contributed by atoms with Crippen LogP contribution < -0.4 is 0 Å². The van der Waals surface area contributed by atoms with E-state index in [1.54, 1.807) is 6.07 Å². The zero-order chi connectivity index (χ0) is 40.2. The van der Waals surface area contributed by atoms with Gasteiger partial charge >= 0.3 is 0 Å². The minimum absolute atomic E-state index is 0.193. The van der Waals surface area contributed by atoms with Gasteiger partial charge in [0, 0.05) is 28.2 Å². The van der Waals surface area contributed by atoms with Crippen molar-refractivity contribution in [3.63, 3.8) is 0 Å². The molecule has 0 aliphatic heterocycles. The summed E-state index contributed by atoms with van der Waals surface area (Å²) in [6, 6.07) is 59.5. The molecule has 0 saturated carbocycles. The van der Waals surface area contributed by atoms with E-state index in [1.807, 2.05) is 30.5 Å². The van der Waals surface area contributed by atoms with Crippen LogP contribution in [0.15, 0.2) is 176 Å². The highest BCUT2D eigenvalue weighted by Gasteiger charge is 2.26. The third kappa shape index (κ3) is 6.18. The topological polar surface area (TPSA) is 55.9 Å². The Kier molecular flexibility index (Phi) is 8.94. The van der Waals surface area contributed by atoms with Crippen molar-refractivity contribution in [1.82, 2.24) is 19.1 Å². The summed E-state index contributed by atoms with van der Waals surface area (Å²) in [4.78, 5) is 10.3. The number of aromatic nitrogens is 4. The Morgan fingerprint density at radius 1 is 0.475 bits per heavy atom. The molecule has 5 nitrogen and oxygen atoms in total. The summed E-state index contributed by atoms with van der Waals surface area (Å²) in [5, 5.41) is 13.8. The van der Waals surface area contributed by atoms with Gasteiger partial charge in [-0.25, -0.2) is 9.97 Å². The minimum atomic E-state index is 0.193. The van der Waals surface area contributed by atoms with Gasteiger partial charge in [-0.15, -0.1) is 0 Å². The quantitative estimate of drug-likeness (QED) is 0.168. The van der Waals surface area contributed by atoms with Crippen molar-refractivity contribution < 1.29 is 5.11 Å². The molecule has 7 aromatic carbocycles. The van der Waals surface area contributed by atoms with Gasteiger partial charge in [0.2, 0.25) is 0 Å². The molecule has 0 atom stereocenters. The number of rotatable bonds is 8. The van der Waals surface area contributed by atoms with E-state index in [4.69, 9.17) is 9.97 Å². The van der Waals surface area contributed by atoms with Gasteiger partial charge in [0.1, 0.15) is 17.2 Å². The van der Waals surface area contributed by atoms with Crippen LogP contribution in [0, 0.1) is 0 Å². The minimum Gasteiger partial charge on any atom is -0.507 e. The van der Waals surface area contributed by atoms with Crippen LogP contribution >= 0.6 is 0 Å². The fourth-order valence-corrected chi connectivity index (χ4v) is 8.74. The molecule has 1 N–H and O–H groups in total. The number of hydrogen-bond donors (Lipinski definition) is 1. The number of benzene rings is 7. The zero-order valence-electron chi connectivity index (χ0n) is 33.6. The second-order valence-corrected chi connectivity index (χ2v) is 16.0. The van der Waals surface area contributed by atoms with E-state index in [-0.39, 0.29) is 17.6 Å². The van der Waals surface area contributed by atoms with Crippen molar-refractivity contribution in [1.29, 1.82) is 0 Å². The molecule has 5 heteroatoms. The van der Waals surface area contributed by atoms with Crippen LogP contribution in [0.5, 0.6) is 5.75 Å². The molecule has 0 unspecified atom stereocenters. The van der Waals surface area contributed by atoms with E-state index in [0.717, 1.165) is 50.1 Å². The maximum absolute atomic E-state index is 11.5. The van der Waals surface area contributed by atoms with E-state index in [2.05, 4.69) is 176 Å². The highest BCUT2D eigenvalue weighted by atomic mass is 16.3. The van der Waals surface area contributed by atoms with Gasteiger partial charge < -0.3 is 5.11 Å². The maximum Gasteiger partial charge on any atom is 0.149 e. The standard InChI is InChI=1S/C54H44N4O/c1-34(2)46-32-40(38-28-26-37(27-29-38)36-15-6-5-7-16-36)33-47(35(3)4)52(46)58-49-24-13-21-42(51(49)56-54(58)45-20-9-11-25-50(45)59)39-17-12-18-41(31-39)57-48-23-10-8-19-43(48)44-22-14-30-55-53(44)57/h5-35,59H,1-4H3. The Balaban J connectivity index is 1.19. The Morgan fingerprint density at radius 2 is 1.07 bits per heavy atom. The van der Waals surface area contributed by atoms with E-state index >= 15 is 0 Å². The van der Waals surface area contributed by atoms with Gasteiger partial charge in [0.25, 0.3) is 0 Å². The second kappa shape index (κ2) is 14.6. The van der Waals surface area contributed by atoms with Crippen LogP contribution in [-0.2, 0) is 0 Å². The fourth-order valence-electron chi connectivity index (χ4n) is 8.74. The lowest BCUT2D eigenvalue weighted by molar-refractivity contribution is 0.477. The number of hydrogen-bond acceptors (Lipinski definition) is 3. The average Bonchev–Trinajstić information content (AvgIpc) is 3.83. The predicted octanol–water partition coefficient (Wildman–Crippen LogP) is 14.1. The molecule has 0 fully saturated rings. The average molecular weight is 765 g/mol. The number of nitrogens with zero attached hydrogens (tertiary/aromatic N) is 4. The molecule has 10 rings (SSSR count). The molecule has 0 amide bonds. The van der Waals surface area contributed by atoms with Crippen LogP contribution in [0.2, 0.25) is 0 Å². The summed E-state index contributed by atoms with van der Waals surface area (Å²) in [6.07, 6.45) is 1.86. The Bertz CT molecular complexity index is 3090. The van der Waals surface area contributed by atoms with Crippen molar-refractivity contribution in [2.45, 2.75) is 39.5 Å². The Hall–Kier alpha value is -7.24. The first-order chi connectivity index (χ1) is 28.9. The lowest BCUT2D eigenvalue weighted by Crippen LogP contribution is -2.09. The molecule has 3 heterocycles. The van der Waals surface area contributed by atoms with E-state index in [1.165, 1.54) is 38.8 Å². The molecule has 3 aromatic heterocycles. The lowest BCUT2D eigenvalue weighted by atomic mass is 9.87. The van der Waals surface area contributed by atoms with E-state index < -0.39 is 0 Å². The van der Waals surface area contributed by atoms with Crippen LogP contribution in [0.4, 0.5) is 0 Å². The number of aromatic hydroxyl groups is 1. The number of imidazole rings is 1. The van der Waals surface area contributed by atoms with Gasteiger partial charge in [-0.1, -0.05) is 137 Å². The zero-order valence-corrected chi connectivity index (χ0v) is 33.6. The van der Waals surface area contributed by atoms with Crippen molar-refractivity contribution in [3.8, 4) is 61.9 Å². The molecular formula is C54H44N4O. The molecule has 0 spiro atoms. The first kappa shape index (κ1) is 36.1. The second-order valence-electron chi connectivity index (χ2n) is 16.0. The predicted molar refractivity (Wildman–Crippen MR) is 245 cm³/mol.